The molecule has 176 valence electrons. The molecule has 1 aliphatic heterocycles. The van der Waals surface area contributed by atoms with Crippen molar-refractivity contribution in [3.63, 3.8) is 0 Å². The fraction of sp³-hybridized carbons (Fsp3) is 0.231. The van der Waals surface area contributed by atoms with Gasteiger partial charge < -0.3 is 23.7 Å². The van der Waals surface area contributed by atoms with Crippen LogP contribution in [0.1, 0.15) is 17.2 Å². The second kappa shape index (κ2) is 10.2. The Hall–Kier alpha value is -4.20. The van der Waals surface area contributed by atoms with Crippen molar-refractivity contribution in [1.29, 1.82) is 0 Å². The zero-order valence-electron chi connectivity index (χ0n) is 19.1. The van der Waals surface area contributed by atoms with E-state index in [1.165, 1.54) is 12.0 Å². The van der Waals surface area contributed by atoms with E-state index in [0.29, 0.717) is 28.5 Å². The van der Waals surface area contributed by atoms with E-state index in [0.717, 1.165) is 5.56 Å². The molecule has 0 radical (unpaired) electrons. The molecular formula is C26H25NO7. The molecule has 4 rings (SSSR count). The normalized spacial score (nSPS) is 17.1. The monoisotopic (exact) mass is 463 g/mol. The van der Waals surface area contributed by atoms with Crippen LogP contribution in [0.3, 0.4) is 0 Å². The molecule has 8 heteroatoms. The predicted octanol–water partition coefficient (Wildman–Crippen LogP) is 4.52. The number of anilines is 1. The lowest BCUT2D eigenvalue weighted by Crippen LogP contribution is -2.33. The van der Waals surface area contributed by atoms with Crippen LogP contribution in [0.15, 0.2) is 72.8 Å². The fourth-order valence-corrected chi connectivity index (χ4v) is 3.83. The fourth-order valence-electron chi connectivity index (χ4n) is 3.83. The zero-order chi connectivity index (χ0) is 24.1. The average Bonchev–Trinajstić information content (AvgIpc) is 3.24. The van der Waals surface area contributed by atoms with Gasteiger partial charge in [0, 0.05) is 17.3 Å². The molecule has 0 bridgehead atoms. The molecule has 3 aromatic carbocycles. The van der Waals surface area contributed by atoms with Crippen LogP contribution < -0.4 is 19.1 Å². The Morgan fingerprint density at radius 1 is 0.912 bits per heavy atom. The molecule has 0 N–H and O–H groups in total. The lowest BCUT2D eigenvalue weighted by molar-refractivity contribution is -0.149. The molecule has 3 aromatic rings. The van der Waals surface area contributed by atoms with Crippen LogP contribution in [0.4, 0.5) is 10.5 Å². The summed E-state index contributed by atoms with van der Waals surface area (Å²) in [6.45, 7) is 0.286. The second-order valence-corrected chi connectivity index (χ2v) is 7.52. The van der Waals surface area contributed by atoms with Crippen molar-refractivity contribution >= 4 is 17.7 Å². The third-order valence-corrected chi connectivity index (χ3v) is 5.55. The largest absolute Gasteiger partial charge is 0.497 e. The molecule has 34 heavy (non-hydrogen) atoms. The highest BCUT2D eigenvalue weighted by molar-refractivity contribution is 5.96. The van der Waals surface area contributed by atoms with Gasteiger partial charge in [0.05, 0.1) is 21.3 Å². The maximum Gasteiger partial charge on any atom is 0.415 e. The topological polar surface area (TPSA) is 83.5 Å². The number of ether oxygens (including phenoxy) is 5. The highest BCUT2D eigenvalue weighted by Gasteiger charge is 2.49. The van der Waals surface area contributed by atoms with Crippen molar-refractivity contribution in [2.75, 3.05) is 26.2 Å². The van der Waals surface area contributed by atoms with Gasteiger partial charge in [-0.05, 0) is 42.0 Å². The summed E-state index contributed by atoms with van der Waals surface area (Å²) < 4.78 is 27.2. The summed E-state index contributed by atoms with van der Waals surface area (Å²) in [4.78, 5) is 27.0. The highest BCUT2D eigenvalue weighted by Crippen LogP contribution is 2.43. The van der Waals surface area contributed by atoms with Gasteiger partial charge in [0.15, 0.2) is 0 Å². The number of carbonyl (C=O) groups is 2. The van der Waals surface area contributed by atoms with E-state index in [4.69, 9.17) is 23.7 Å². The Morgan fingerprint density at radius 2 is 1.59 bits per heavy atom. The van der Waals surface area contributed by atoms with Crippen LogP contribution in [-0.4, -0.2) is 39.5 Å². The predicted molar refractivity (Wildman–Crippen MR) is 124 cm³/mol. The third kappa shape index (κ3) is 4.61. The van der Waals surface area contributed by atoms with E-state index in [1.807, 2.05) is 30.3 Å². The number of benzene rings is 3. The van der Waals surface area contributed by atoms with Crippen molar-refractivity contribution in [3.05, 3.63) is 83.9 Å². The quantitative estimate of drug-likeness (QED) is 0.454. The number of hydrogen-bond acceptors (Lipinski definition) is 7. The Bertz CT molecular complexity index is 1150. The van der Waals surface area contributed by atoms with Crippen LogP contribution in [0.25, 0.3) is 0 Å². The van der Waals surface area contributed by atoms with E-state index in [9.17, 15) is 9.59 Å². The number of methoxy groups -OCH3 is 3. The van der Waals surface area contributed by atoms with Gasteiger partial charge in [-0.1, -0.05) is 30.3 Å². The SMILES string of the molecule is COC(=O)[C@H]1OC(=O)N(c2ccc(OC)cc2)[C@@H]1c1ccc(OC)cc1OCc1ccccc1. The zero-order valence-corrected chi connectivity index (χ0v) is 19.1. The molecule has 0 aliphatic carbocycles. The van der Waals surface area contributed by atoms with Crippen LogP contribution in [0.2, 0.25) is 0 Å². The van der Waals surface area contributed by atoms with Crippen molar-refractivity contribution < 1.29 is 33.3 Å². The Morgan fingerprint density at radius 3 is 2.24 bits per heavy atom. The summed E-state index contributed by atoms with van der Waals surface area (Å²) in [5.41, 5.74) is 2.08. The first-order chi connectivity index (χ1) is 16.5. The van der Waals surface area contributed by atoms with Gasteiger partial charge in [0.25, 0.3) is 0 Å². The number of rotatable bonds is 8. The molecule has 1 aliphatic rings. The highest BCUT2D eigenvalue weighted by atomic mass is 16.6. The maximum absolute atomic E-state index is 13.0. The van der Waals surface area contributed by atoms with Gasteiger partial charge >= 0.3 is 12.1 Å². The van der Waals surface area contributed by atoms with Crippen molar-refractivity contribution in [1.82, 2.24) is 0 Å². The average molecular weight is 463 g/mol. The molecule has 0 saturated carbocycles. The number of carbonyl (C=O) groups excluding carboxylic acids is 2. The summed E-state index contributed by atoms with van der Waals surface area (Å²) in [7, 11) is 4.37. The van der Waals surface area contributed by atoms with Crippen LogP contribution in [0, 0.1) is 0 Å². The minimum Gasteiger partial charge on any atom is -0.497 e. The van der Waals surface area contributed by atoms with Crippen molar-refractivity contribution in [2.24, 2.45) is 0 Å². The molecule has 1 amide bonds. The molecular weight excluding hydrogens is 438 g/mol. The van der Waals surface area contributed by atoms with Gasteiger partial charge in [-0.15, -0.1) is 0 Å². The number of esters is 1. The van der Waals surface area contributed by atoms with Gasteiger partial charge in [-0.2, -0.15) is 0 Å². The summed E-state index contributed by atoms with van der Waals surface area (Å²) in [6.07, 6.45) is -1.86. The van der Waals surface area contributed by atoms with E-state index in [1.54, 1.807) is 56.7 Å². The van der Waals surface area contributed by atoms with Gasteiger partial charge in [-0.3, -0.25) is 4.90 Å². The minimum atomic E-state index is -1.19. The first kappa shape index (κ1) is 23.0. The molecule has 0 spiro atoms. The van der Waals surface area contributed by atoms with E-state index < -0.39 is 24.2 Å². The van der Waals surface area contributed by atoms with Crippen LogP contribution >= 0.6 is 0 Å². The van der Waals surface area contributed by atoms with Crippen molar-refractivity contribution in [2.45, 2.75) is 18.8 Å². The summed E-state index contributed by atoms with van der Waals surface area (Å²) >= 11 is 0. The van der Waals surface area contributed by atoms with Gasteiger partial charge in [0.2, 0.25) is 6.10 Å². The Kier molecular flexibility index (Phi) is 6.87. The minimum absolute atomic E-state index is 0.286. The van der Waals surface area contributed by atoms with Crippen LogP contribution in [-0.2, 0) is 20.9 Å². The number of cyclic esters (lactones) is 1. The van der Waals surface area contributed by atoms with Gasteiger partial charge in [0.1, 0.15) is 29.9 Å². The Balaban J connectivity index is 1.77. The molecule has 0 unspecified atom stereocenters. The molecule has 2 atom stereocenters. The van der Waals surface area contributed by atoms with E-state index in [2.05, 4.69) is 0 Å². The van der Waals surface area contributed by atoms with Gasteiger partial charge in [-0.25, -0.2) is 9.59 Å². The van der Waals surface area contributed by atoms with Crippen molar-refractivity contribution in [3.8, 4) is 17.2 Å². The maximum atomic E-state index is 13.0. The second-order valence-electron chi connectivity index (χ2n) is 7.52. The molecule has 0 aromatic heterocycles. The number of hydrogen-bond donors (Lipinski definition) is 0. The molecule has 1 heterocycles. The smallest absolute Gasteiger partial charge is 0.415 e. The van der Waals surface area contributed by atoms with E-state index >= 15 is 0 Å². The lowest BCUT2D eigenvalue weighted by Gasteiger charge is -2.26. The third-order valence-electron chi connectivity index (χ3n) is 5.55. The standard InChI is InChI=1S/C26H25NO7/c1-30-19-11-9-18(10-12-19)27-23(24(25(28)32-3)34-26(27)29)21-14-13-20(31-2)15-22(21)33-16-17-7-5-4-6-8-17/h4-15,23-24H,16H2,1-3H3/t23-,24+/m1/s1. The summed E-state index contributed by atoms with van der Waals surface area (Å²) in [5.74, 6) is 0.995. The summed E-state index contributed by atoms with van der Waals surface area (Å²) in [5, 5.41) is 0. The van der Waals surface area contributed by atoms with E-state index in [-0.39, 0.29) is 6.61 Å². The number of nitrogens with zero attached hydrogens (tertiary/aromatic N) is 1. The first-order valence-electron chi connectivity index (χ1n) is 10.6. The molecule has 1 fully saturated rings. The first-order valence-corrected chi connectivity index (χ1v) is 10.6. The Labute approximate surface area is 197 Å². The molecule has 1 saturated heterocycles. The summed E-state index contributed by atoms with van der Waals surface area (Å²) in [6, 6.07) is 21.0. The lowest BCUT2D eigenvalue weighted by atomic mass is 9.98. The molecule has 8 nitrogen and oxygen atoms in total. The van der Waals surface area contributed by atoms with Crippen LogP contribution in [0.5, 0.6) is 17.2 Å². The number of amides is 1.